The highest BCUT2D eigenvalue weighted by Gasteiger charge is 2.07. The molecule has 3 heteroatoms. The maximum absolute atomic E-state index is 10.6. The summed E-state index contributed by atoms with van der Waals surface area (Å²) in [5.41, 5.74) is 0.645. The molecule has 0 amide bonds. The van der Waals surface area contributed by atoms with E-state index in [1.165, 1.54) is 0 Å². The molecule has 0 fully saturated rings. The van der Waals surface area contributed by atoms with E-state index in [9.17, 15) is 4.79 Å². The van der Waals surface area contributed by atoms with Crippen LogP contribution in [0.3, 0.4) is 0 Å². The van der Waals surface area contributed by atoms with E-state index in [0.29, 0.717) is 12.0 Å². The predicted molar refractivity (Wildman–Crippen MR) is 40.5 cm³/mol. The van der Waals surface area contributed by atoms with Gasteiger partial charge in [0.25, 0.3) is 0 Å². The first-order chi connectivity index (χ1) is 4.70. The lowest BCUT2D eigenvalue weighted by atomic mass is 10.2. The molecule has 0 aromatic heterocycles. The van der Waals surface area contributed by atoms with Crippen LogP contribution in [0.5, 0.6) is 0 Å². The summed E-state index contributed by atoms with van der Waals surface area (Å²) in [5.74, 6) is 0. The number of hydrogen-bond donors (Lipinski definition) is 0. The summed E-state index contributed by atoms with van der Waals surface area (Å²) in [6.45, 7) is 0. The van der Waals surface area contributed by atoms with Crippen LogP contribution in [0.25, 0.3) is 0 Å². The Balaban J connectivity index is 2.71. The first kappa shape index (κ1) is 7.35. The molecule has 0 atom stereocenters. The van der Waals surface area contributed by atoms with E-state index < -0.39 is 0 Å². The second-order valence-electron chi connectivity index (χ2n) is 2.18. The number of carbonyl (C=O) groups excluding carboxylic acids is 1. The Hall–Kier alpha value is -0.760. The summed E-state index contributed by atoms with van der Waals surface area (Å²) in [6, 6.07) is 0. The lowest BCUT2D eigenvalue weighted by molar-refractivity contribution is -0.108. The number of allylic oxidation sites excluding steroid dienone is 2. The van der Waals surface area contributed by atoms with Gasteiger partial charge in [0.2, 0.25) is 5.24 Å². The van der Waals surface area contributed by atoms with Gasteiger partial charge in [-0.25, -0.2) is 0 Å². The fraction of sp³-hybridized carbons (Fsp3) is 0.286. The minimum Gasteiger partial charge on any atom is -0.357 e. The number of nitrogens with zero attached hydrogens (tertiary/aromatic N) is 1. The second kappa shape index (κ2) is 2.88. The van der Waals surface area contributed by atoms with E-state index >= 15 is 0 Å². The standard InChI is InChI=1S/C7H8ClNO/c1-9-4-2-3-6(5-9)7(8)10/h2,4-5H,3H2,1H3. The molecule has 0 bridgehead atoms. The van der Waals surface area contributed by atoms with Gasteiger partial charge >= 0.3 is 0 Å². The minimum atomic E-state index is -0.365. The fourth-order valence-corrected chi connectivity index (χ4v) is 0.944. The normalized spacial score (nSPS) is 17.0. The van der Waals surface area contributed by atoms with Crippen molar-refractivity contribution < 1.29 is 4.79 Å². The van der Waals surface area contributed by atoms with Crippen LogP contribution < -0.4 is 0 Å². The van der Waals surface area contributed by atoms with E-state index in [1.54, 1.807) is 11.1 Å². The van der Waals surface area contributed by atoms with Gasteiger partial charge in [0.15, 0.2) is 0 Å². The lowest BCUT2D eigenvalue weighted by Crippen LogP contribution is -2.08. The minimum absolute atomic E-state index is 0.365. The molecule has 0 spiro atoms. The van der Waals surface area contributed by atoms with Crippen molar-refractivity contribution in [2.24, 2.45) is 0 Å². The van der Waals surface area contributed by atoms with Crippen molar-refractivity contribution in [2.75, 3.05) is 7.05 Å². The molecular formula is C7H8ClNO. The molecule has 54 valence electrons. The molecule has 1 aliphatic heterocycles. The molecule has 0 radical (unpaired) electrons. The third-order valence-corrected chi connectivity index (χ3v) is 1.53. The summed E-state index contributed by atoms with van der Waals surface area (Å²) in [7, 11) is 1.86. The van der Waals surface area contributed by atoms with Gasteiger partial charge < -0.3 is 4.90 Å². The summed E-state index contributed by atoms with van der Waals surface area (Å²) in [5, 5.41) is -0.365. The third kappa shape index (κ3) is 1.61. The maximum atomic E-state index is 10.6. The SMILES string of the molecule is CN1C=CCC(C(=O)Cl)=C1. The van der Waals surface area contributed by atoms with Crippen molar-refractivity contribution in [3.8, 4) is 0 Å². The number of hydrogen-bond acceptors (Lipinski definition) is 2. The first-order valence-electron chi connectivity index (χ1n) is 2.99. The molecule has 0 aliphatic carbocycles. The number of rotatable bonds is 1. The summed E-state index contributed by atoms with van der Waals surface area (Å²) < 4.78 is 0. The van der Waals surface area contributed by atoms with Crippen molar-refractivity contribution in [1.82, 2.24) is 4.90 Å². The Kier molecular flexibility index (Phi) is 2.12. The van der Waals surface area contributed by atoms with E-state index in [0.717, 1.165) is 0 Å². The van der Waals surface area contributed by atoms with Crippen LogP contribution in [0.2, 0.25) is 0 Å². The highest BCUT2D eigenvalue weighted by molar-refractivity contribution is 6.67. The third-order valence-electron chi connectivity index (χ3n) is 1.29. The van der Waals surface area contributed by atoms with Gasteiger partial charge in [0.1, 0.15) is 0 Å². The van der Waals surface area contributed by atoms with Crippen LogP contribution in [0.15, 0.2) is 24.0 Å². The van der Waals surface area contributed by atoms with Crippen LogP contribution in [0, 0.1) is 0 Å². The highest BCUT2D eigenvalue weighted by atomic mass is 35.5. The topological polar surface area (TPSA) is 20.3 Å². The zero-order valence-corrected chi connectivity index (χ0v) is 6.43. The summed E-state index contributed by atoms with van der Waals surface area (Å²) in [4.78, 5) is 12.4. The number of carbonyl (C=O) groups is 1. The van der Waals surface area contributed by atoms with E-state index in [2.05, 4.69) is 0 Å². The first-order valence-corrected chi connectivity index (χ1v) is 3.37. The van der Waals surface area contributed by atoms with Crippen LogP contribution >= 0.6 is 11.6 Å². The molecule has 0 aromatic rings. The van der Waals surface area contributed by atoms with Crippen LogP contribution in [0.1, 0.15) is 6.42 Å². The van der Waals surface area contributed by atoms with Crippen molar-refractivity contribution in [1.29, 1.82) is 0 Å². The molecule has 1 aliphatic rings. The molecule has 0 unspecified atom stereocenters. The van der Waals surface area contributed by atoms with Crippen molar-refractivity contribution in [3.05, 3.63) is 24.0 Å². The Bertz CT molecular complexity index is 208. The van der Waals surface area contributed by atoms with Crippen LogP contribution in [-0.4, -0.2) is 17.2 Å². The summed E-state index contributed by atoms with van der Waals surface area (Å²) in [6.07, 6.45) is 6.17. The van der Waals surface area contributed by atoms with Crippen molar-refractivity contribution >= 4 is 16.8 Å². The largest absolute Gasteiger partial charge is 0.357 e. The van der Waals surface area contributed by atoms with Crippen molar-refractivity contribution in [2.45, 2.75) is 6.42 Å². The molecule has 0 saturated heterocycles. The highest BCUT2D eigenvalue weighted by Crippen LogP contribution is 2.12. The van der Waals surface area contributed by atoms with Gasteiger partial charge in [-0.05, 0) is 24.2 Å². The maximum Gasteiger partial charge on any atom is 0.250 e. The van der Waals surface area contributed by atoms with Gasteiger partial charge in [-0.3, -0.25) is 4.79 Å². The zero-order valence-electron chi connectivity index (χ0n) is 5.67. The molecule has 2 nitrogen and oxygen atoms in total. The molecule has 10 heavy (non-hydrogen) atoms. The fourth-order valence-electron chi connectivity index (χ4n) is 0.818. The van der Waals surface area contributed by atoms with Gasteiger partial charge in [-0.1, -0.05) is 6.08 Å². The Morgan fingerprint density at radius 3 is 2.90 bits per heavy atom. The smallest absolute Gasteiger partial charge is 0.250 e. The Morgan fingerprint density at radius 1 is 1.80 bits per heavy atom. The van der Waals surface area contributed by atoms with E-state index in [1.807, 2.05) is 19.3 Å². The lowest BCUT2D eigenvalue weighted by Gasteiger charge is -2.13. The molecular weight excluding hydrogens is 150 g/mol. The van der Waals surface area contributed by atoms with E-state index in [4.69, 9.17) is 11.6 Å². The van der Waals surface area contributed by atoms with E-state index in [-0.39, 0.29) is 5.24 Å². The molecule has 0 aromatic carbocycles. The predicted octanol–water partition coefficient (Wildman–Crippen LogP) is 1.48. The molecule has 1 rings (SSSR count). The average Bonchev–Trinajstić information content (AvgIpc) is 1.88. The number of halogens is 1. The van der Waals surface area contributed by atoms with Gasteiger partial charge in [-0.15, -0.1) is 0 Å². The van der Waals surface area contributed by atoms with Gasteiger partial charge in [-0.2, -0.15) is 0 Å². The Morgan fingerprint density at radius 2 is 2.50 bits per heavy atom. The van der Waals surface area contributed by atoms with Crippen LogP contribution in [-0.2, 0) is 4.79 Å². The zero-order chi connectivity index (χ0) is 7.56. The monoisotopic (exact) mass is 157 g/mol. The molecule has 0 saturated carbocycles. The average molecular weight is 158 g/mol. The quantitative estimate of drug-likeness (QED) is 0.538. The van der Waals surface area contributed by atoms with Gasteiger partial charge in [0, 0.05) is 18.8 Å². The molecule has 1 heterocycles. The second-order valence-corrected chi connectivity index (χ2v) is 2.53. The van der Waals surface area contributed by atoms with Gasteiger partial charge in [0.05, 0.1) is 0 Å². The molecule has 0 N–H and O–H groups in total. The van der Waals surface area contributed by atoms with Crippen molar-refractivity contribution in [3.63, 3.8) is 0 Å². The van der Waals surface area contributed by atoms with Crippen LogP contribution in [0.4, 0.5) is 0 Å². The Labute approximate surface area is 64.8 Å². The summed E-state index contributed by atoms with van der Waals surface area (Å²) >= 11 is 5.25.